The number of aryl methyl sites for hydroxylation is 1. The van der Waals surface area contributed by atoms with Gasteiger partial charge >= 0.3 is 0 Å². The fourth-order valence-electron chi connectivity index (χ4n) is 5.90. The van der Waals surface area contributed by atoms with E-state index in [4.69, 9.17) is 4.74 Å². The molecule has 1 saturated carbocycles. The average molecular weight is 494 g/mol. The van der Waals surface area contributed by atoms with E-state index in [0.29, 0.717) is 17.8 Å². The summed E-state index contributed by atoms with van der Waals surface area (Å²) in [5, 5.41) is 19.0. The van der Waals surface area contributed by atoms with E-state index in [1.807, 2.05) is 13.1 Å². The largest absolute Gasteiger partial charge is 0.375 e. The number of aromatic amines is 1. The fraction of sp³-hybridized carbons (Fsp3) is 0.630. The van der Waals surface area contributed by atoms with Crippen LogP contribution in [0.1, 0.15) is 93.8 Å². The third-order valence-corrected chi connectivity index (χ3v) is 7.68. The quantitative estimate of drug-likeness (QED) is 0.476. The SMILES string of the molecule is Cc1cc(-c2[nH]nc(C(=O)N[C@H]3CC[C@H](NC4CCOC(C)(C)C4)CC3)c2C(C)C)cn2ncnc12. The van der Waals surface area contributed by atoms with Crippen molar-refractivity contribution in [3.05, 3.63) is 35.4 Å². The lowest BCUT2D eigenvalue weighted by Crippen LogP contribution is -2.49. The summed E-state index contributed by atoms with van der Waals surface area (Å²) in [6.07, 6.45) is 9.71. The minimum Gasteiger partial charge on any atom is -0.375 e. The maximum Gasteiger partial charge on any atom is 0.272 e. The Kier molecular flexibility index (Phi) is 6.87. The van der Waals surface area contributed by atoms with Crippen LogP contribution in [0.5, 0.6) is 0 Å². The lowest BCUT2D eigenvalue weighted by Gasteiger charge is -2.39. The van der Waals surface area contributed by atoms with Crippen LogP contribution >= 0.6 is 0 Å². The second-order valence-corrected chi connectivity index (χ2v) is 11.4. The van der Waals surface area contributed by atoms with Crippen molar-refractivity contribution in [2.45, 2.75) is 103 Å². The number of hydrogen-bond donors (Lipinski definition) is 3. The van der Waals surface area contributed by atoms with Gasteiger partial charge in [0.05, 0.1) is 11.3 Å². The van der Waals surface area contributed by atoms with Gasteiger partial charge in [0.15, 0.2) is 11.3 Å². The van der Waals surface area contributed by atoms with E-state index in [1.54, 1.807) is 10.8 Å². The molecule has 9 nitrogen and oxygen atoms in total. The molecule has 3 N–H and O–H groups in total. The maximum absolute atomic E-state index is 13.3. The highest BCUT2D eigenvalue weighted by atomic mass is 16.5. The molecular weight excluding hydrogens is 454 g/mol. The monoisotopic (exact) mass is 493 g/mol. The van der Waals surface area contributed by atoms with Crippen LogP contribution in [0.25, 0.3) is 16.9 Å². The molecule has 0 bridgehead atoms. The first-order chi connectivity index (χ1) is 17.2. The molecule has 1 atom stereocenters. The molecule has 9 heteroatoms. The standard InChI is InChI=1S/C27H39N7O2/c1-16(2)22-23(18-12-17(3)25-28-15-29-34(25)14-18)32-33-24(22)26(35)31-20-8-6-19(7-9-20)30-21-10-11-36-27(4,5)13-21/h12,14-16,19-21,30H,6-11,13H2,1-5H3,(H,31,35)(H,32,33)/t19-,20-,21?. The Morgan fingerprint density at radius 3 is 2.64 bits per heavy atom. The van der Waals surface area contributed by atoms with Gasteiger partial charge in [0.2, 0.25) is 0 Å². The molecule has 194 valence electrons. The summed E-state index contributed by atoms with van der Waals surface area (Å²) in [4.78, 5) is 17.6. The Balaban J connectivity index is 1.24. The van der Waals surface area contributed by atoms with Crippen molar-refractivity contribution < 1.29 is 9.53 Å². The second kappa shape index (κ2) is 9.94. The number of rotatable bonds is 6. The van der Waals surface area contributed by atoms with Crippen LogP contribution in [0.4, 0.5) is 0 Å². The summed E-state index contributed by atoms with van der Waals surface area (Å²) in [5.41, 5.74) is 5.04. The maximum atomic E-state index is 13.3. The molecule has 0 aromatic carbocycles. The van der Waals surface area contributed by atoms with Crippen molar-refractivity contribution in [1.29, 1.82) is 0 Å². The van der Waals surface area contributed by atoms with E-state index < -0.39 is 0 Å². The van der Waals surface area contributed by atoms with Crippen molar-refractivity contribution in [1.82, 2.24) is 35.4 Å². The average Bonchev–Trinajstić information content (AvgIpc) is 3.47. The normalized spacial score (nSPS) is 24.3. The van der Waals surface area contributed by atoms with Gasteiger partial charge in [0.1, 0.15) is 6.33 Å². The van der Waals surface area contributed by atoms with Crippen LogP contribution in [-0.2, 0) is 4.74 Å². The first kappa shape index (κ1) is 24.9. The first-order valence-electron chi connectivity index (χ1n) is 13.3. The van der Waals surface area contributed by atoms with Gasteiger partial charge in [0.25, 0.3) is 5.91 Å². The number of hydrogen-bond acceptors (Lipinski definition) is 6. The van der Waals surface area contributed by atoms with Crippen LogP contribution in [0.15, 0.2) is 18.6 Å². The Hall–Kier alpha value is -2.78. The van der Waals surface area contributed by atoms with Crippen molar-refractivity contribution in [3.63, 3.8) is 0 Å². The van der Waals surface area contributed by atoms with Gasteiger partial charge in [0, 0.05) is 42.1 Å². The van der Waals surface area contributed by atoms with E-state index in [-0.39, 0.29) is 23.5 Å². The molecule has 36 heavy (non-hydrogen) atoms. The van der Waals surface area contributed by atoms with Crippen molar-refractivity contribution >= 4 is 11.6 Å². The Morgan fingerprint density at radius 1 is 1.17 bits per heavy atom. The van der Waals surface area contributed by atoms with E-state index >= 15 is 0 Å². The number of carbonyl (C=O) groups is 1. The number of amides is 1. The van der Waals surface area contributed by atoms with Gasteiger partial charge < -0.3 is 15.4 Å². The number of nitrogens with one attached hydrogen (secondary N) is 3. The molecule has 5 rings (SSSR count). The molecule has 4 heterocycles. The predicted octanol–water partition coefficient (Wildman–Crippen LogP) is 4.14. The van der Waals surface area contributed by atoms with Crippen LogP contribution in [0, 0.1) is 6.92 Å². The van der Waals surface area contributed by atoms with Gasteiger partial charge in [-0.15, -0.1) is 0 Å². The summed E-state index contributed by atoms with van der Waals surface area (Å²) in [7, 11) is 0. The van der Waals surface area contributed by atoms with E-state index in [9.17, 15) is 4.79 Å². The number of fused-ring (bicyclic) bond motifs is 1. The van der Waals surface area contributed by atoms with Gasteiger partial charge in [-0.25, -0.2) is 9.50 Å². The summed E-state index contributed by atoms with van der Waals surface area (Å²) in [5.74, 6) is 0.0391. The summed E-state index contributed by atoms with van der Waals surface area (Å²) >= 11 is 0. The third-order valence-electron chi connectivity index (χ3n) is 7.68. The number of pyridine rings is 1. The fourth-order valence-corrected chi connectivity index (χ4v) is 5.90. The molecule has 3 aromatic rings. The molecule has 1 unspecified atom stereocenters. The Bertz CT molecular complexity index is 1220. The van der Waals surface area contributed by atoms with Gasteiger partial charge in [-0.3, -0.25) is 9.89 Å². The lowest BCUT2D eigenvalue weighted by molar-refractivity contribution is -0.0647. The van der Waals surface area contributed by atoms with Crippen molar-refractivity contribution in [3.8, 4) is 11.3 Å². The van der Waals surface area contributed by atoms with Crippen LogP contribution in [0.2, 0.25) is 0 Å². The second-order valence-electron chi connectivity index (χ2n) is 11.4. The predicted molar refractivity (Wildman–Crippen MR) is 139 cm³/mol. The number of nitrogens with zero attached hydrogens (tertiary/aromatic N) is 4. The van der Waals surface area contributed by atoms with Gasteiger partial charge in [-0.05, 0) is 76.8 Å². The minimum absolute atomic E-state index is 0.0443. The molecule has 1 aliphatic heterocycles. The lowest BCUT2D eigenvalue weighted by atomic mass is 9.88. The van der Waals surface area contributed by atoms with Crippen molar-refractivity contribution in [2.75, 3.05) is 6.61 Å². The molecule has 3 aromatic heterocycles. The highest BCUT2D eigenvalue weighted by Gasteiger charge is 2.32. The molecule has 2 aliphatic rings. The Labute approximate surface area is 212 Å². The van der Waals surface area contributed by atoms with Crippen LogP contribution in [0.3, 0.4) is 0 Å². The summed E-state index contributed by atoms with van der Waals surface area (Å²) in [6.45, 7) is 11.4. The number of carbonyl (C=O) groups excluding carboxylic acids is 1. The smallest absolute Gasteiger partial charge is 0.272 e. The van der Waals surface area contributed by atoms with Gasteiger partial charge in [-0.2, -0.15) is 10.2 Å². The molecule has 1 saturated heterocycles. The highest BCUT2D eigenvalue weighted by Crippen LogP contribution is 2.32. The third kappa shape index (κ3) is 5.18. The zero-order valence-electron chi connectivity index (χ0n) is 22.1. The first-order valence-corrected chi connectivity index (χ1v) is 13.3. The van der Waals surface area contributed by atoms with E-state index in [1.165, 1.54) is 0 Å². The Morgan fingerprint density at radius 2 is 1.92 bits per heavy atom. The number of ether oxygens (including phenoxy) is 1. The minimum atomic E-state index is -0.0951. The van der Waals surface area contributed by atoms with E-state index in [0.717, 1.165) is 73.2 Å². The molecular formula is C27H39N7O2. The number of H-pyrrole nitrogens is 1. The van der Waals surface area contributed by atoms with Crippen LogP contribution < -0.4 is 10.6 Å². The molecule has 0 spiro atoms. The van der Waals surface area contributed by atoms with Gasteiger partial charge in [-0.1, -0.05) is 13.8 Å². The zero-order chi connectivity index (χ0) is 25.4. The molecule has 1 amide bonds. The summed E-state index contributed by atoms with van der Waals surface area (Å²) in [6, 6.07) is 3.27. The van der Waals surface area contributed by atoms with Crippen LogP contribution in [-0.4, -0.2) is 61.0 Å². The summed E-state index contributed by atoms with van der Waals surface area (Å²) < 4.78 is 7.63. The highest BCUT2D eigenvalue weighted by molar-refractivity contribution is 5.96. The molecule has 0 radical (unpaired) electrons. The topological polar surface area (TPSA) is 109 Å². The number of aromatic nitrogens is 5. The molecule has 2 fully saturated rings. The van der Waals surface area contributed by atoms with Crippen molar-refractivity contribution in [2.24, 2.45) is 0 Å². The molecule has 1 aliphatic carbocycles. The van der Waals surface area contributed by atoms with E-state index in [2.05, 4.69) is 64.7 Å². The zero-order valence-corrected chi connectivity index (χ0v) is 22.1.